The first-order valence-corrected chi connectivity index (χ1v) is 8.44. The lowest BCUT2D eigenvalue weighted by Gasteiger charge is -2.46. The second-order valence-electron chi connectivity index (χ2n) is 7.30. The Balaban J connectivity index is 1.88. The Labute approximate surface area is 122 Å². The first-order chi connectivity index (χ1) is 9.72. The highest BCUT2D eigenvalue weighted by molar-refractivity contribution is 6.02. The van der Waals surface area contributed by atoms with Crippen molar-refractivity contribution in [1.29, 1.82) is 0 Å². The van der Waals surface area contributed by atoms with Gasteiger partial charge in [0.15, 0.2) is 0 Å². The number of rotatable bonds is 1. The highest BCUT2D eigenvalue weighted by atomic mass is 14.8. The third-order valence-electron chi connectivity index (χ3n) is 5.98. The zero-order chi connectivity index (χ0) is 13.7. The number of benzene rings is 1. The van der Waals surface area contributed by atoms with Crippen LogP contribution in [0.25, 0.3) is 0 Å². The Morgan fingerprint density at radius 3 is 2.85 bits per heavy atom. The molecule has 20 heavy (non-hydrogen) atoms. The predicted octanol–water partition coefficient (Wildman–Crippen LogP) is 5.51. The summed E-state index contributed by atoms with van der Waals surface area (Å²) in [6.07, 6.45) is 9.61. The molecule has 1 aromatic carbocycles. The van der Waals surface area contributed by atoms with Gasteiger partial charge in [-0.15, -0.1) is 0 Å². The van der Waals surface area contributed by atoms with Crippen molar-refractivity contribution in [3.63, 3.8) is 0 Å². The van der Waals surface area contributed by atoms with Gasteiger partial charge in [-0.1, -0.05) is 38.8 Å². The number of aliphatic imine (C=N–C) groups is 1. The minimum absolute atomic E-state index is 0.344. The van der Waals surface area contributed by atoms with Crippen molar-refractivity contribution in [2.45, 2.75) is 70.1 Å². The summed E-state index contributed by atoms with van der Waals surface area (Å²) in [7, 11) is 0. The predicted molar refractivity (Wildman–Crippen MR) is 85.1 cm³/mol. The van der Waals surface area contributed by atoms with Crippen LogP contribution in [0.2, 0.25) is 0 Å². The monoisotopic (exact) mass is 267 g/mol. The molecule has 1 nitrogen and oxygen atoms in total. The molecule has 0 unspecified atom stereocenters. The Morgan fingerprint density at radius 1 is 1.15 bits per heavy atom. The molecule has 1 heteroatoms. The molecule has 2 fully saturated rings. The van der Waals surface area contributed by atoms with E-state index in [-0.39, 0.29) is 0 Å². The summed E-state index contributed by atoms with van der Waals surface area (Å²) in [5.74, 6) is 1.48. The molecule has 1 heterocycles. The van der Waals surface area contributed by atoms with E-state index in [9.17, 15) is 0 Å². The van der Waals surface area contributed by atoms with Gasteiger partial charge >= 0.3 is 0 Å². The summed E-state index contributed by atoms with van der Waals surface area (Å²) >= 11 is 0. The molecular weight excluding hydrogens is 242 g/mol. The van der Waals surface area contributed by atoms with E-state index in [1.165, 1.54) is 61.9 Å². The fourth-order valence-electron chi connectivity index (χ4n) is 4.93. The molecule has 0 radical (unpaired) electrons. The molecule has 0 saturated heterocycles. The first-order valence-electron chi connectivity index (χ1n) is 8.44. The minimum Gasteiger partial charge on any atom is -0.257 e. The Hall–Kier alpha value is -1.11. The standard InChI is InChI=1S/C19H25N/c1-13(2)14-9-10-17-16(12-14)19-11-4-3-6-15(19)7-5-8-18(19)20-17/h9-10,12-13,15H,3-8,11H2,1-2H3/t15-,19+/m1/s1. The lowest BCUT2D eigenvalue weighted by Crippen LogP contribution is -2.46. The molecule has 4 rings (SSSR count). The van der Waals surface area contributed by atoms with Crippen LogP contribution in [0.3, 0.4) is 0 Å². The smallest absolute Gasteiger partial charge is 0.0671 e. The maximum atomic E-state index is 5.07. The van der Waals surface area contributed by atoms with E-state index in [1.807, 2.05) is 0 Å². The van der Waals surface area contributed by atoms with Crippen LogP contribution in [0.5, 0.6) is 0 Å². The molecule has 0 N–H and O–H groups in total. The van der Waals surface area contributed by atoms with Gasteiger partial charge in [0.2, 0.25) is 0 Å². The number of fused-ring (bicyclic) bond motifs is 1. The van der Waals surface area contributed by atoms with Gasteiger partial charge in [0.05, 0.1) is 5.69 Å². The zero-order valence-electron chi connectivity index (χ0n) is 12.8. The summed E-state index contributed by atoms with van der Waals surface area (Å²) in [6.45, 7) is 4.60. The van der Waals surface area contributed by atoms with E-state index in [0.29, 0.717) is 11.3 Å². The number of nitrogens with zero attached hydrogens (tertiary/aromatic N) is 1. The van der Waals surface area contributed by atoms with E-state index >= 15 is 0 Å². The van der Waals surface area contributed by atoms with Crippen molar-refractivity contribution in [2.24, 2.45) is 10.9 Å². The van der Waals surface area contributed by atoms with Gasteiger partial charge in [-0.05, 0) is 61.1 Å². The molecule has 2 atom stereocenters. The summed E-state index contributed by atoms with van der Waals surface area (Å²) < 4.78 is 0. The summed E-state index contributed by atoms with van der Waals surface area (Å²) in [4.78, 5) is 5.07. The van der Waals surface area contributed by atoms with Gasteiger partial charge in [0.1, 0.15) is 0 Å². The quantitative estimate of drug-likeness (QED) is 0.636. The second kappa shape index (κ2) is 4.44. The van der Waals surface area contributed by atoms with Crippen LogP contribution in [-0.4, -0.2) is 5.71 Å². The molecule has 0 aromatic heterocycles. The Kier molecular flexibility index (Phi) is 2.80. The Bertz CT molecular complexity index is 567. The topological polar surface area (TPSA) is 12.4 Å². The first kappa shape index (κ1) is 12.6. The Morgan fingerprint density at radius 2 is 2.00 bits per heavy atom. The lowest BCUT2D eigenvalue weighted by molar-refractivity contribution is 0.221. The van der Waals surface area contributed by atoms with E-state index in [4.69, 9.17) is 4.99 Å². The largest absolute Gasteiger partial charge is 0.257 e. The maximum absolute atomic E-state index is 5.07. The second-order valence-corrected chi connectivity index (χ2v) is 7.30. The normalized spacial score (nSPS) is 31.6. The average molecular weight is 267 g/mol. The van der Waals surface area contributed by atoms with Crippen molar-refractivity contribution >= 4 is 11.4 Å². The molecule has 1 aromatic rings. The van der Waals surface area contributed by atoms with Crippen molar-refractivity contribution in [2.75, 3.05) is 0 Å². The summed E-state index contributed by atoms with van der Waals surface area (Å²) in [5.41, 5.74) is 6.24. The molecule has 0 bridgehead atoms. The molecule has 1 aliphatic heterocycles. The van der Waals surface area contributed by atoms with Crippen LogP contribution in [0, 0.1) is 5.92 Å². The zero-order valence-corrected chi connectivity index (χ0v) is 12.8. The molecule has 2 saturated carbocycles. The number of hydrogen-bond donors (Lipinski definition) is 0. The summed E-state index contributed by atoms with van der Waals surface area (Å²) in [5, 5.41) is 0. The molecule has 0 amide bonds. The van der Waals surface area contributed by atoms with Gasteiger partial charge in [-0.3, -0.25) is 4.99 Å². The van der Waals surface area contributed by atoms with Crippen LogP contribution >= 0.6 is 0 Å². The highest BCUT2D eigenvalue weighted by Gasteiger charge is 2.51. The van der Waals surface area contributed by atoms with E-state index in [1.54, 1.807) is 5.56 Å². The van der Waals surface area contributed by atoms with E-state index in [0.717, 1.165) is 5.92 Å². The fourth-order valence-corrected chi connectivity index (χ4v) is 4.93. The van der Waals surface area contributed by atoms with Gasteiger partial charge in [-0.25, -0.2) is 0 Å². The minimum atomic E-state index is 0.344. The third kappa shape index (κ3) is 1.58. The third-order valence-corrected chi connectivity index (χ3v) is 5.98. The average Bonchev–Trinajstić information content (AvgIpc) is 2.79. The van der Waals surface area contributed by atoms with Crippen LogP contribution in [0.1, 0.15) is 75.8 Å². The van der Waals surface area contributed by atoms with Gasteiger partial charge in [0.25, 0.3) is 0 Å². The van der Waals surface area contributed by atoms with Crippen molar-refractivity contribution in [3.05, 3.63) is 29.3 Å². The van der Waals surface area contributed by atoms with Gasteiger partial charge in [0, 0.05) is 11.1 Å². The highest BCUT2D eigenvalue weighted by Crippen LogP contribution is 2.56. The SMILES string of the molecule is CC(C)c1ccc2c(c1)[C@]13CCCC[C@@H]1CCCC3=N2. The van der Waals surface area contributed by atoms with Crippen LogP contribution in [-0.2, 0) is 5.41 Å². The molecule has 106 valence electrons. The van der Waals surface area contributed by atoms with E-state index in [2.05, 4.69) is 32.0 Å². The summed E-state index contributed by atoms with van der Waals surface area (Å²) in [6, 6.07) is 7.08. The van der Waals surface area contributed by atoms with E-state index < -0.39 is 0 Å². The van der Waals surface area contributed by atoms with Crippen molar-refractivity contribution in [3.8, 4) is 0 Å². The maximum Gasteiger partial charge on any atom is 0.0671 e. The van der Waals surface area contributed by atoms with Crippen LogP contribution in [0.15, 0.2) is 23.2 Å². The lowest BCUT2D eigenvalue weighted by atomic mass is 9.56. The number of hydrogen-bond acceptors (Lipinski definition) is 1. The van der Waals surface area contributed by atoms with Gasteiger partial charge < -0.3 is 0 Å². The molecule has 2 aliphatic carbocycles. The van der Waals surface area contributed by atoms with Gasteiger partial charge in [-0.2, -0.15) is 0 Å². The molecule has 1 spiro atoms. The molecular formula is C19H25N. The van der Waals surface area contributed by atoms with Crippen LogP contribution < -0.4 is 0 Å². The fraction of sp³-hybridized carbons (Fsp3) is 0.632. The molecule has 3 aliphatic rings. The van der Waals surface area contributed by atoms with Crippen LogP contribution in [0.4, 0.5) is 5.69 Å². The van der Waals surface area contributed by atoms with Crippen molar-refractivity contribution in [1.82, 2.24) is 0 Å². The van der Waals surface area contributed by atoms with Crippen molar-refractivity contribution < 1.29 is 0 Å².